The van der Waals surface area contributed by atoms with Crippen LogP contribution in [0.1, 0.15) is 29.8 Å². The Morgan fingerprint density at radius 3 is 2.36 bits per heavy atom. The van der Waals surface area contributed by atoms with Crippen LogP contribution in [0.3, 0.4) is 0 Å². The van der Waals surface area contributed by atoms with Gasteiger partial charge in [-0.25, -0.2) is 0 Å². The van der Waals surface area contributed by atoms with Crippen molar-refractivity contribution in [2.45, 2.75) is 26.3 Å². The maximum absolute atomic E-state index is 12.4. The number of hydrogen-bond acceptors (Lipinski definition) is 3. The second-order valence-electron chi connectivity index (χ2n) is 5.96. The van der Waals surface area contributed by atoms with Crippen LogP contribution in [0, 0.1) is 12.8 Å². The van der Waals surface area contributed by atoms with Gasteiger partial charge in [0.05, 0.1) is 11.7 Å². The summed E-state index contributed by atoms with van der Waals surface area (Å²) in [6.45, 7) is 4.65. The van der Waals surface area contributed by atoms with Crippen LogP contribution in [0.25, 0.3) is 0 Å². The summed E-state index contributed by atoms with van der Waals surface area (Å²) in [6, 6.07) is 14.1. The van der Waals surface area contributed by atoms with Crippen molar-refractivity contribution in [1.29, 1.82) is 0 Å². The van der Waals surface area contributed by atoms with Gasteiger partial charge in [-0.1, -0.05) is 42.8 Å². The molecule has 0 aliphatic heterocycles. The average molecular weight is 384 g/mol. The minimum atomic E-state index is -0.120. The van der Waals surface area contributed by atoms with Gasteiger partial charge in [-0.05, 0) is 38.1 Å². The van der Waals surface area contributed by atoms with E-state index in [4.69, 9.17) is 0 Å². The van der Waals surface area contributed by atoms with Gasteiger partial charge in [0, 0.05) is 18.7 Å². The molecule has 2 aromatic rings. The summed E-state index contributed by atoms with van der Waals surface area (Å²) in [6.07, 6.45) is 2.50. The van der Waals surface area contributed by atoms with Crippen molar-refractivity contribution < 1.29 is 4.79 Å². The first-order valence-corrected chi connectivity index (χ1v) is 8.01. The van der Waals surface area contributed by atoms with Crippen LogP contribution in [0.15, 0.2) is 48.7 Å². The number of carbonyl (C=O) groups is 1. The van der Waals surface area contributed by atoms with Gasteiger partial charge in [-0.2, -0.15) is 0 Å². The van der Waals surface area contributed by atoms with Gasteiger partial charge in [-0.3, -0.25) is 9.78 Å². The number of aryl methyl sites for hydroxylation is 1. The Balaban J connectivity index is 0.00000288. The van der Waals surface area contributed by atoms with E-state index in [0.29, 0.717) is 6.54 Å². The Morgan fingerprint density at radius 2 is 1.80 bits per heavy atom. The number of hydrogen-bond donors (Lipinski definition) is 2. The highest BCUT2D eigenvalue weighted by atomic mass is 35.5. The van der Waals surface area contributed by atoms with Crippen LogP contribution >= 0.6 is 24.8 Å². The normalized spacial score (nSPS) is 12.3. The minimum absolute atomic E-state index is 0. The lowest BCUT2D eigenvalue weighted by Crippen LogP contribution is -2.37. The smallest absolute Gasteiger partial charge is 0.224 e. The molecule has 0 saturated heterocycles. The SMILES string of the molecule is CNCC(C)C(=O)NC(Cc1ccc(C)cc1)c1ccccn1.Cl.Cl. The third-order valence-corrected chi connectivity index (χ3v) is 3.88. The van der Waals surface area contributed by atoms with Gasteiger partial charge >= 0.3 is 0 Å². The number of aromatic nitrogens is 1. The zero-order valence-corrected chi connectivity index (χ0v) is 16.5. The van der Waals surface area contributed by atoms with Crippen LogP contribution in [0.2, 0.25) is 0 Å². The molecule has 0 bridgehead atoms. The lowest BCUT2D eigenvalue weighted by Gasteiger charge is -2.21. The molecule has 1 aromatic carbocycles. The van der Waals surface area contributed by atoms with Crippen molar-refractivity contribution in [1.82, 2.24) is 15.6 Å². The first-order valence-electron chi connectivity index (χ1n) is 8.01. The highest BCUT2D eigenvalue weighted by Crippen LogP contribution is 2.17. The van der Waals surface area contributed by atoms with Crippen LogP contribution in [-0.2, 0) is 11.2 Å². The fraction of sp³-hybridized carbons (Fsp3) is 0.368. The first kappa shape index (κ1) is 23.4. The van der Waals surface area contributed by atoms with Gasteiger partial charge < -0.3 is 10.6 Å². The third kappa shape index (κ3) is 7.43. The van der Waals surface area contributed by atoms with Gasteiger partial charge in [0.2, 0.25) is 5.91 Å². The van der Waals surface area contributed by atoms with Gasteiger partial charge in [0.25, 0.3) is 0 Å². The fourth-order valence-electron chi connectivity index (χ4n) is 2.48. The summed E-state index contributed by atoms with van der Waals surface area (Å²) in [5.74, 6) is -0.0358. The molecule has 2 unspecified atom stereocenters. The summed E-state index contributed by atoms with van der Waals surface area (Å²) >= 11 is 0. The maximum Gasteiger partial charge on any atom is 0.224 e. The van der Waals surface area contributed by atoms with E-state index >= 15 is 0 Å². The number of rotatable bonds is 7. The zero-order chi connectivity index (χ0) is 16.7. The minimum Gasteiger partial charge on any atom is -0.347 e. The summed E-state index contributed by atoms with van der Waals surface area (Å²) in [5.41, 5.74) is 3.31. The van der Waals surface area contributed by atoms with E-state index in [9.17, 15) is 4.79 Å². The second kappa shape index (κ2) is 11.9. The monoisotopic (exact) mass is 383 g/mol. The lowest BCUT2D eigenvalue weighted by atomic mass is 10.0. The van der Waals surface area contributed by atoms with Crippen molar-refractivity contribution in [3.63, 3.8) is 0 Å². The zero-order valence-electron chi connectivity index (χ0n) is 14.9. The Labute approximate surface area is 162 Å². The largest absolute Gasteiger partial charge is 0.347 e. The highest BCUT2D eigenvalue weighted by molar-refractivity contribution is 5.85. The maximum atomic E-state index is 12.4. The summed E-state index contributed by atoms with van der Waals surface area (Å²) in [5, 5.41) is 6.18. The number of nitrogens with one attached hydrogen (secondary N) is 2. The molecule has 2 atom stereocenters. The molecule has 1 amide bonds. The van der Waals surface area contributed by atoms with Crippen LogP contribution in [0.5, 0.6) is 0 Å². The molecule has 1 heterocycles. The summed E-state index contributed by atoms with van der Waals surface area (Å²) in [4.78, 5) is 16.8. The Morgan fingerprint density at radius 1 is 1.12 bits per heavy atom. The number of pyridine rings is 1. The molecule has 138 valence electrons. The van der Waals surface area contributed by atoms with Crippen molar-refractivity contribution in [3.05, 3.63) is 65.5 Å². The number of amides is 1. The molecule has 4 nitrogen and oxygen atoms in total. The fourth-order valence-corrected chi connectivity index (χ4v) is 2.48. The third-order valence-electron chi connectivity index (χ3n) is 3.88. The van der Waals surface area contributed by atoms with Crippen LogP contribution in [-0.4, -0.2) is 24.5 Å². The Bertz CT molecular complexity index is 620. The number of halogens is 2. The first-order chi connectivity index (χ1) is 11.1. The number of carbonyl (C=O) groups excluding carboxylic acids is 1. The molecule has 0 saturated carbocycles. The molecule has 0 fully saturated rings. The number of benzene rings is 1. The van der Waals surface area contributed by atoms with E-state index in [0.717, 1.165) is 12.1 Å². The van der Waals surface area contributed by atoms with Gasteiger partial charge in [-0.15, -0.1) is 24.8 Å². The van der Waals surface area contributed by atoms with E-state index in [2.05, 4.69) is 46.8 Å². The number of nitrogens with zero attached hydrogens (tertiary/aromatic N) is 1. The molecular formula is C19H27Cl2N3O. The molecule has 1 aromatic heterocycles. The van der Waals surface area contributed by atoms with Crippen LogP contribution in [0.4, 0.5) is 0 Å². The molecule has 25 heavy (non-hydrogen) atoms. The van der Waals surface area contributed by atoms with E-state index in [1.54, 1.807) is 6.20 Å². The van der Waals surface area contributed by atoms with E-state index in [1.165, 1.54) is 11.1 Å². The second-order valence-corrected chi connectivity index (χ2v) is 5.96. The van der Waals surface area contributed by atoms with E-state index < -0.39 is 0 Å². The van der Waals surface area contributed by atoms with Crippen molar-refractivity contribution >= 4 is 30.7 Å². The summed E-state index contributed by atoms with van der Waals surface area (Å²) < 4.78 is 0. The van der Waals surface area contributed by atoms with Crippen molar-refractivity contribution in [2.75, 3.05) is 13.6 Å². The molecule has 0 radical (unpaired) electrons. The van der Waals surface area contributed by atoms with Crippen molar-refractivity contribution in [2.24, 2.45) is 5.92 Å². The lowest BCUT2D eigenvalue weighted by molar-refractivity contribution is -0.125. The molecule has 0 aliphatic carbocycles. The molecule has 6 heteroatoms. The Hall–Kier alpha value is -1.62. The van der Waals surface area contributed by atoms with E-state index in [-0.39, 0.29) is 42.7 Å². The predicted octanol–water partition coefficient (Wildman–Crippen LogP) is 3.49. The van der Waals surface area contributed by atoms with Gasteiger partial charge in [0.15, 0.2) is 0 Å². The molecular weight excluding hydrogens is 357 g/mol. The Kier molecular flexibility index (Phi) is 11.1. The molecule has 2 N–H and O–H groups in total. The van der Waals surface area contributed by atoms with Crippen molar-refractivity contribution in [3.8, 4) is 0 Å². The molecule has 0 spiro atoms. The summed E-state index contributed by atoms with van der Waals surface area (Å²) in [7, 11) is 1.85. The predicted molar refractivity (Wildman–Crippen MR) is 108 cm³/mol. The quantitative estimate of drug-likeness (QED) is 0.769. The molecule has 0 aliphatic rings. The molecule has 2 rings (SSSR count). The van der Waals surface area contributed by atoms with Crippen LogP contribution < -0.4 is 10.6 Å². The average Bonchev–Trinajstić information content (AvgIpc) is 2.57. The topological polar surface area (TPSA) is 54.0 Å². The van der Waals surface area contributed by atoms with Gasteiger partial charge in [0.1, 0.15) is 0 Å². The van der Waals surface area contributed by atoms with E-state index in [1.807, 2.05) is 32.2 Å². The highest BCUT2D eigenvalue weighted by Gasteiger charge is 2.19. The standard InChI is InChI=1S/C19H25N3O.2ClH/c1-14-7-9-16(10-8-14)12-18(17-6-4-5-11-21-17)22-19(23)15(2)13-20-3;;/h4-11,15,18,20H,12-13H2,1-3H3,(H,22,23);2*1H.